The van der Waals surface area contributed by atoms with Gasteiger partial charge in [-0.2, -0.15) is 13.2 Å². The van der Waals surface area contributed by atoms with Crippen molar-refractivity contribution in [3.63, 3.8) is 0 Å². The second-order valence-electron chi connectivity index (χ2n) is 5.06. The van der Waals surface area contributed by atoms with Crippen LogP contribution in [0.4, 0.5) is 17.6 Å². The van der Waals surface area contributed by atoms with E-state index >= 15 is 0 Å². The molecule has 0 heterocycles. The summed E-state index contributed by atoms with van der Waals surface area (Å²) in [7, 11) is 0. The lowest BCUT2D eigenvalue weighted by Crippen LogP contribution is -2.32. The average Bonchev–Trinajstić information content (AvgIpc) is 2.37. The molecule has 6 heteroatoms. The van der Waals surface area contributed by atoms with Crippen molar-refractivity contribution in [1.29, 1.82) is 0 Å². The topological polar surface area (TPSA) is 29.1 Å². The van der Waals surface area contributed by atoms with Crippen LogP contribution < -0.4 is 5.32 Å². The lowest BCUT2D eigenvalue weighted by molar-refractivity contribution is -0.140. The highest BCUT2D eigenvalue weighted by molar-refractivity contribution is 5.94. The van der Waals surface area contributed by atoms with Gasteiger partial charge in [-0.3, -0.25) is 4.79 Å². The first kappa shape index (κ1) is 17.5. The second-order valence-corrected chi connectivity index (χ2v) is 5.06. The molecular formula is C15H19F4NO. The van der Waals surface area contributed by atoms with Crippen LogP contribution in [0.15, 0.2) is 18.2 Å². The fourth-order valence-electron chi connectivity index (χ4n) is 1.97. The molecule has 1 amide bonds. The molecular weight excluding hydrogens is 286 g/mol. The summed E-state index contributed by atoms with van der Waals surface area (Å²) < 4.78 is 50.7. The van der Waals surface area contributed by atoms with Crippen molar-refractivity contribution in [2.45, 2.75) is 51.7 Å². The minimum atomic E-state index is -4.76. The van der Waals surface area contributed by atoms with Crippen molar-refractivity contribution in [1.82, 2.24) is 5.32 Å². The van der Waals surface area contributed by atoms with E-state index in [0.717, 1.165) is 31.7 Å². The van der Waals surface area contributed by atoms with Crippen LogP contribution in [0.5, 0.6) is 0 Å². The first-order valence-corrected chi connectivity index (χ1v) is 6.93. The minimum absolute atomic E-state index is 0.102. The van der Waals surface area contributed by atoms with Crippen LogP contribution in [0.3, 0.4) is 0 Å². The molecule has 0 radical (unpaired) electrons. The number of unbranched alkanes of at least 4 members (excludes halogenated alkanes) is 2. The molecule has 1 aromatic rings. The monoisotopic (exact) mass is 305 g/mol. The Morgan fingerprint density at radius 3 is 2.48 bits per heavy atom. The van der Waals surface area contributed by atoms with Crippen molar-refractivity contribution in [2.24, 2.45) is 0 Å². The molecule has 21 heavy (non-hydrogen) atoms. The molecule has 1 N–H and O–H groups in total. The van der Waals surface area contributed by atoms with E-state index in [9.17, 15) is 22.4 Å². The Hall–Kier alpha value is -1.59. The van der Waals surface area contributed by atoms with Gasteiger partial charge in [-0.15, -0.1) is 0 Å². The molecule has 0 aliphatic rings. The molecule has 2 nitrogen and oxygen atoms in total. The standard InChI is InChI=1S/C15H19F4NO/c1-3-4-5-6-10(2)20-14(21)11-7-8-12(13(16)9-11)15(17,18)19/h7-10H,3-6H2,1-2H3,(H,20,21). The van der Waals surface area contributed by atoms with Gasteiger partial charge in [0.25, 0.3) is 5.91 Å². The number of alkyl halides is 3. The Balaban J connectivity index is 2.69. The zero-order valence-corrected chi connectivity index (χ0v) is 12.1. The molecule has 1 rings (SSSR count). The highest BCUT2D eigenvalue weighted by Crippen LogP contribution is 2.31. The molecule has 1 aromatic carbocycles. The van der Waals surface area contributed by atoms with Gasteiger partial charge >= 0.3 is 6.18 Å². The minimum Gasteiger partial charge on any atom is -0.350 e. The maximum atomic E-state index is 13.4. The zero-order valence-electron chi connectivity index (χ0n) is 12.1. The third-order valence-corrected chi connectivity index (χ3v) is 3.15. The number of halogens is 4. The van der Waals surface area contributed by atoms with Crippen molar-refractivity contribution < 1.29 is 22.4 Å². The van der Waals surface area contributed by atoms with Crippen LogP contribution in [0, 0.1) is 5.82 Å². The van der Waals surface area contributed by atoms with E-state index in [2.05, 4.69) is 12.2 Å². The lowest BCUT2D eigenvalue weighted by Gasteiger charge is -2.14. The smallest absolute Gasteiger partial charge is 0.350 e. The maximum Gasteiger partial charge on any atom is 0.419 e. The van der Waals surface area contributed by atoms with Gasteiger partial charge in [0.2, 0.25) is 0 Å². The van der Waals surface area contributed by atoms with Crippen LogP contribution >= 0.6 is 0 Å². The molecule has 0 aromatic heterocycles. The highest BCUT2D eigenvalue weighted by atomic mass is 19.4. The van der Waals surface area contributed by atoms with Crippen LogP contribution in [-0.4, -0.2) is 11.9 Å². The van der Waals surface area contributed by atoms with Crippen molar-refractivity contribution >= 4 is 5.91 Å². The van der Waals surface area contributed by atoms with Gasteiger partial charge in [0.15, 0.2) is 0 Å². The molecule has 1 unspecified atom stereocenters. The van der Waals surface area contributed by atoms with Crippen molar-refractivity contribution in [2.75, 3.05) is 0 Å². The van der Waals surface area contributed by atoms with Crippen LogP contribution in [-0.2, 0) is 6.18 Å². The summed E-state index contributed by atoms with van der Waals surface area (Å²) >= 11 is 0. The zero-order chi connectivity index (χ0) is 16.0. The Labute approximate surface area is 121 Å². The van der Waals surface area contributed by atoms with Gasteiger partial charge < -0.3 is 5.32 Å². The van der Waals surface area contributed by atoms with Gasteiger partial charge in [-0.1, -0.05) is 26.2 Å². The normalized spacial score (nSPS) is 13.0. The molecule has 0 aliphatic carbocycles. The Kier molecular flexibility index (Phi) is 6.18. The highest BCUT2D eigenvalue weighted by Gasteiger charge is 2.34. The molecule has 118 valence electrons. The number of rotatable bonds is 6. The van der Waals surface area contributed by atoms with Gasteiger partial charge in [0.05, 0.1) is 5.56 Å². The summed E-state index contributed by atoms with van der Waals surface area (Å²) in [4.78, 5) is 11.8. The third-order valence-electron chi connectivity index (χ3n) is 3.15. The number of hydrogen-bond donors (Lipinski definition) is 1. The molecule has 0 saturated carbocycles. The van der Waals surface area contributed by atoms with Crippen LogP contribution in [0.25, 0.3) is 0 Å². The summed E-state index contributed by atoms with van der Waals surface area (Å²) in [5.74, 6) is -2.00. The van der Waals surface area contributed by atoms with Crippen molar-refractivity contribution in [3.05, 3.63) is 35.1 Å². The third kappa shape index (κ3) is 5.36. The summed E-state index contributed by atoms with van der Waals surface area (Å²) in [6, 6.07) is 2.09. The summed E-state index contributed by atoms with van der Waals surface area (Å²) in [6.07, 6.45) is -0.908. The predicted octanol–water partition coefficient (Wildman–Crippen LogP) is 4.54. The maximum absolute atomic E-state index is 13.4. The fraction of sp³-hybridized carbons (Fsp3) is 0.533. The summed E-state index contributed by atoms with van der Waals surface area (Å²) in [5, 5.41) is 2.65. The second kappa shape index (κ2) is 7.43. The van der Waals surface area contributed by atoms with E-state index in [-0.39, 0.29) is 11.6 Å². The number of carbonyl (C=O) groups is 1. The van der Waals surface area contributed by atoms with Crippen LogP contribution in [0.1, 0.15) is 55.5 Å². The molecule has 0 fully saturated rings. The van der Waals surface area contributed by atoms with Gasteiger partial charge in [-0.25, -0.2) is 4.39 Å². The largest absolute Gasteiger partial charge is 0.419 e. The number of benzene rings is 1. The molecule has 0 saturated heterocycles. The molecule has 0 spiro atoms. The number of carbonyl (C=O) groups excluding carboxylic acids is 1. The first-order chi connectivity index (χ1) is 9.75. The number of nitrogens with one attached hydrogen (secondary N) is 1. The number of amides is 1. The van der Waals surface area contributed by atoms with E-state index in [0.29, 0.717) is 12.1 Å². The lowest BCUT2D eigenvalue weighted by atomic mass is 10.1. The van der Waals surface area contributed by atoms with E-state index in [1.54, 1.807) is 0 Å². The number of hydrogen-bond acceptors (Lipinski definition) is 1. The van der Waals surface area contributed by atoms with Crippen molar-refractivity contribution in [3.8, 4) is 0 Å². The summed E-state index contributed by atoms with van der Waals surface area (Å²) in [6.45, 7) is 3.88. The van der Waals surface area contributed by atoms with Crippen LogP contribution in [0.2, 0.25) is 0 Å². The van der Waals surface area contributed by atoms with Gasteiger partial charge in [0.1, 0.15) is 5.82 Å². The Morgan fingerprint density at radius 2 is 1.95 bits per heavy atom. The molecule has 0 aliphatic heterocycles. The van der Waals surface area contributed by atoms with E-state index in [4.69, 9.17) is 0 Å². The fourth-order valence-corrected chi connectivity index (χ4v) is 1.97. The quantitative estimate of drug-likeness (QED) is 0.606. The SMILES string of the molecule is CCCCCC(C)NC(=O)c1ccc(C(F)(F)F)c(F)c1. The Morgan fingerprint density at radius 1 is 1.29 bits per heavy atom. The molecule has 0 bridgehead atoms. The Bertz CT molecular complexity index is 485. The van der Waals surface area contributed by atoms with E-state index in [1.165, 1.54) is 0 Å². The van der Waals surface area contributed by atoms with Gasteiger partial charge in [-0.05, 0) is 31.5 Å². The summed E-state index contributed by atoms with van der Waals surface area (Å²) in [5.41, 5.74) is -1.47. The predicted molar refractivity (Wildman–Crippen MR) is 72.5 cm³/mol. The average molecular weight is 305 g/mol. The van der Waals surface area contributed by atoms with E-state index < -0.39 is 23.5 Å². The van der Waals surface area contributed by atoms with Gasteiger partial charge in [0, 0.05) is 11.6 Å². The molecule has 1 atom stereocenters. The first-order valence-electron chi connectivity index (χ1n) is 6.93. The van der Waals surface area contributed by atoms with E-state index in [1.807, 2.05) is 6.92 Å².